The van der Waals surface area contributed by atoms with Gasteiger partial charge in [0.1, 0.15) is 11.6 Å². The minimum atomic E-state index is -4.91. The number of aromatic nitrogens is 3. The summed E-state index contributed by atoms with van der Waals surface area (Å²) >= 11 is 0. The Morgan fingerprint density at radius 1 is 1.19 bits per heavy atom. The summed E-state index contributed by atoms with van der Waals surface area (Å²) in [4.78, 5) is 45.6. The lowest BCUT2D eigenvalue weighted by Gasteiger charge is -2.47. The maximum absolute atomic E-state index is 13.3. The van der Waals surface area contributed by atoms with Crippen molar-refractivity contribution >= 4 is 29.0 Å². The summed E-state index contributed by atoms with van der Waals surface area (Å²) in [6, 6.07) is -0.801. The molecule has 2 aliphatic heterocycles. The Balaban J connectivity index is 1.34. The van der Waals surface area contributed by atoms with Crippen molar-refractivity contribution in [2.75, 3.05) is 61.1 Å². The van der Waals surface area contributed by atoms with Crippen LogP contribution in [0.25, 0.3) is 0 Å². The number of carbonyl (C=O) groups is 2. The number of ether oxygens (including phenoxy) is 1. The Hall–Kier alpha value is -3.93. The zero-order valence-electron chi connectivity index (χ0n) is 22.1. The highest BCUT2D eigenvalue weighted by atomic mass is 19.4. The molecule has 2 atom stereocenters. The Morgan fingerprint density at radius 3 is 2.60 bits per heavy atom. The lowest BCUT2D eigenvalue weighted by atomic mass is 10.0. The van der Waals surface area contributed by atoms with Crippen molar-refractivity contribution in [2.24, 2.45) is 0 Å². The van der Waals surface area contributed by atoms with Crippen LogP contribution in [0.5, 0.6) is 0 Å². The third-order valence-electron chi connectivity index (χ3n) is 6.71. The molecule has 2 aromatic rings. The van der Waals surface area contributed by atoms with Gasteiger partial charge in [-0.2, -0.15) is 31.4 Å². The van der Waals surface area contributed by atoms with E-state index in [-0.39, 0.29) is 63.2 Å². The molecule has 42 heavy (non-hydrogen) atoms. The molecule has 0 aliphatic carbocycles. The second-order valence-electron chi connectivity index (χ2n) is 9.68. The first kappa shape index (κ1) is 31.0. The van der Waals surface area contributed by atoms with Gasteiger partial charge in [-0.15, -0.1) is 0 Å². The molecular formula is C24H27F6N7O5. The number of aromatic amines is 1. The summed E-state index contributed by atoms with van der Waals surface area (Å²) in [6.45, 7) is 0.747. The van der Waals surface area contributed by atoms with Gasteiger partial charge in [0.05, 0.1) is 55.9 Å². The van der Waals surface area contributed by atoms with Crippen LogP contribution in [0, 0.1) is 0 Å². The number of carbonyl (C=O) groups excluding carboxylic acids is 2. The first-order valence-electron chi connectivity index (χ1n) is 12.8. The summed E-state index contributed by atoms with van der Waals surface area (Å²) < 4.78 is 84.9. The number of anilines is 3. The topological polar surface area (TPSA) is 144 Å². The van der Waals surface area contributed by atoms with Crippen molar-refractivity contribution < 1.29 is 45.8 Å². The van der Waals surface area contributed by atoms with Crippen molar-refractivity contribution in [1.82, 2.24) is 20.1 Å². The van der Waals surface area contributed by atoms with Crippen molar-refractivity contribution in [3.8, 4) is 0 Å². The van der Waals surface area contributed by atoms with Gasteiger partial charge < -0.3 is 29.9 Å². The summed E-state index contributed by atoms with van der Waals surface area (Å²) in [5.41, 5.74) is -4.45. The van der Waals surface area contributed by atoms with E-state index in [0.29, 0.717) is 6.20 Å². The summed E-state index contributed by atoms with van der Waals surface area (Å²) in [6.07, 6.45) is -8.20. The van der Waals surface area contributed by atoms with Gasteiger partial charge in [0.25, 0.3) is 11.5 Å². The molecule has 4 heterocycles. The van der Waals surface area contributed by atoms with E-state index in [1.807, 2.05) is 0 Å². The third-order valence-corrected chi connectivity index (χ3v) is 6.71. The number of piperazine rings is 1. The molecule has 0 saturated carbocycles. The predicted molar refractivity (Wildman–Crippen MR) is 135 cm³/mol. The molecule has 0 unspecified atom stereocenters. The highest BCUT2D eigenvalue weighted by Crippen LogP contribution is 2.40. The van der Waals surface area contributed by atoms with Gasteiger partial charge in [-0.3, -0.25) is 14.4 Å². The SMILES string of the molecule is C[C@@H](COCCC(=O)N1CCN2c3ncc(C(F)(F)F)cc3N(CCO)C(=O)[C@@H]2C1)Nc1cn[nH]c(=O)c1C(F)(F)F. The maximum Gasteiger partial charge on any atom is 0.423 e. The van der Waals surface area contributed by atoms with Gasteiger partial charge in [-0.25, -0.2) is 10.1 Å². The Bertz CT molecular complexity index is 1370. The molecule has 0 bridgehead atoms. The van der Waals surface area contributed by atoms with E-state index in [0.717, 1.165) is 17.2 Å². The van der Waals surface area contributed by atoms with Gasteiger partial charge in [-0.05, 0) is 13.0 Å². The monoisotopic (exact) mass is 607 g/mol. The fourth-order valence-electron chi connectivity index (χ4n) is 4.80. The summed E-state index contributed by atoms with van der Waals surface area (Å²) in [7, 11) is 0. The molecule has 1 fully saturated rings. The molecule has 2 aromatic heterocycles. The van der Waals surface area contributed by atoms with Crippen molar-refractivity contribution in [3.05, 3.63) is 39.9 Å². The standard InChI is InChI=1S/C24H27F6N7O5/c1-13(33-15-10-32-34-21(40)19(15)24(28,29)30)12-42-7-2-18(39)35-3-4-36-17(11-35)22(41)37(5-6-38)16-8-14(23(25,26)27)9-31-20(16)36/h8-10,13,17,38H,2-7,11-12H2,1H3,(H2,33,34,40)/t13-,17-/m0/s1. The van der Waals surface area contributed by atoms with Crippen LogP contribution in [-0.4, -0.2) is 95.1 Å². The molecule has 18 heteroatoms. The Morgan fingerprint density at radius 2 is 1.93 bits per heavy atom. The van der Waals surface area contributed by atoms with Gasteiger partial charge in [-0.1, -0.05) is 0 Å². The highest BCUT2D eigenvalue weighted by Gasteiger charge is 2.44. The molecule has 0 radical (unpaired) electrons. The number of hydrogen-bond donors (Lipinski definition) is 3. The van der Waals surface area contributed by atoms with E-state index in [1.54, 1.807) is 5.10 Å². The molecule has 3 N–H and O–H groups in total. The van der Waals surface area contributed by atoms with Crippen molar-refractivity contribution in [1.29, 1.82) is 0 Å². The van der Waals surface area contributed by atoms with E-state index in [9.17, 15) is 45.8 Å². The summed E-state index contributed by atoms with van der Waals surface area (Å²) in [5.74, 6) is -0.817. The zero-order chi connectivity index (χ0) is 30.8. The number of nitrogens with one attached hydrogen (secondary N) is 2. The minimum absolute atomic E-state index is 0.0739. The van der Waals surface area contributed by atoms with E-state index < -0.39 is 59.3 Å². The van der Waals surface area contributed by atoms with E-state index >= 15 is 0 Å². The molecule has 12 nitrogen and oxygen atoms in total. The van der Waals surface area contributed by atoms with Crippen LogP contribution in [0.1, 0.15) is 24.5 Å². The number of rotatable bonds is 9. The Kier molecular flexibility index (Phi) is 8.95. The number of amides is 2. The average molecular weight is 608 g/mol. The molecule has 4 rings (SSSR count). The molecule has 230 valence electrons. The average Bonchev–Trinajstić information content (AvgIpc) is 2.91. The number of β-amino-alcohol motifs (C(OH)–C–C–N with tert-alkyl or cyclic N) is 1. The van der Waals surface area contributed by atoms with Gasteiger partial charge >= 0.3 is 12.4 Å². The lowest BCUT2D eigenvalue weighted by Crippen LogP contribution is -2.64. The molecule has 1 saturated heterocycles. The van der Waals surface area contributed by atoms with Crippen molar-refractivity contribution in [2.45, 2.75) is 37.8 Å². The molecule has 2 aliphatic rings. The van der Waals surface area contributed by atoms with E-state index in [4.69, 9.17) is 4.74 Å². The molecule has 0 spiro atoms. The number of pyridine rings is 1. The molecule has 0 aromatic carbocycles. The second kappa shape index (κ2) is 12.1. The predicted octanol–water partition coefficient (Wildman–Crippen LogP) is 1.47. The van der Waals surface area contributed by atoms with Gasteiger partial charge in [0, 0.05) is 31.9 Å². The second-order valence-corrected chi connectivity index (χ2v) is 9.68. The number of H-pyrrole nitrogens is 1. The van der Waals surface area contributed by atoms with Crippen LogP contribution in [-0.2, 0) is 26.7 Å². The fraction of sp³-hybridized carbons (Fsp3) is 0.542. The van der Waals surface area contributed by atoms with Crippen LogP contribution < -0.4 is 20.7 Å². The first-order chi connectivity index (χ1) is 19.7. The number of hydrogen-bond acceptors (Lipinski definition) is 9. The largest absolute Gasteiger partial charge is 0.423 e. The van der Waals surface area contributed by atoms with Crippen LogP contribution in [0.4, 0.5) is 43.5 Å². The lowest BCUT2D eigenvalue weighted by molar-refractivity contribution is -0.138. The van der Waals surface area contributed by atoms with Gasteiger partial charge in [0.2, 0.25) is 5.91 Å². The van der Waals surface area contributed by atoms with Crippen LogP contribution >= 0.6 is 0 Å². The number of fused-ring (bicyclic) bond motifs is 3. The zero-order valence-corrected chi connectivity index (χ0v) is 22.1. The molecular weight excluding hydrogens is 580 g/mol. The van der Waals surface area contributed by atoms with Crippen LogP contribution in [0.15, 0.2) is 23.3 Å². The van der Waals surface area contributed by atoms with E-state index in [2.05, 4.69) is 15.4 Å². The quantitative estimate of drug-likeness (QED) is 0.285. The van der Waals surface area contributed by atoms with Crippen LogP contribution in [0.3, 0.4) is 0 Å². The normalized spacial score (nSPS) is 18.0. The number of aliphatic hydroxyl groups is 1. The highest BCUT2D eigenvalue weighted by molar-refractivity contribution is 6.05. The van der Waals surface area contributed by atoms with E-state index in [1.165, 1.54) is 16.7 Å². The number of halogens is 6. The third kappa shape index (κ3) is 6.59. The summed E-state index contributed by atoms with van der Waals surface area (Å²) in [5, 5.41) is 17.1. The number of alkyl halides is 6. The van der Waals surface area contributed by atoms with Crippen molar-refractivity contribution in [3.63, 3.8) is 0 Å². The number of aliphatic hydroxyl groups excluding tert-OH is 1. The Labute approximate surface area is 234 Å². The first-order valence-corrected chi connectivity index (χ1v) is 12.8. The van der Waals surface area contributed by atoms with Crippen LogP contribution in [0.2, 0.25) is 0 Å². The molecule has 2 amide bonds. The maximum atomic E-state index is 13.3. The fourth-order valence-corrected chi connectivity index (χ4v) is 4.80. The van der Waals surface area contributed by atoms with Gasteiger partial charge in [0.15, 0.2) is 5.82 Å². The number of nitrogens with zero attached hydrogens (tertiary/aromatic N) is 5. The minimum Gasteiger partial charge on any atom is -0.395 e. The smallest absolute Gasteiger partial charge is 0.395 e.